The van der Waals surface area contributed by atoms with E-state index in [1.54, 1.807) is 24.3 Å². The predicted octanol–water partition coefficient (Wildman–Crippen LogP) is 1.05. The van der Waals surface area contributed by atoms with Crippen LogP contribution in [0.2, 0.25) is 0 Å². The first kappa shape index (κ1) is 10.7. The van der Waals surface area contributed by atoms with E-state index in [9.17, 15) is 10.2 Å². The van der Waals surface area contributed by atoms with Crippen LogP contribution in [-0.2, 0) is 0 Å². The van der Waals surface area contributed by atoms with Gasteiger partial charge in [-0.2, -0.15) is 0 Å². The summed E-state index contributed by atoms with van der Waals surface area (Å²) in [5, 5.41) is 19.1. The molecule has 1 aromatic rings. The van der Waals surface area contributed by atoms with E-state index in [1.165, 1.54) is 6.07 Å². The van der Waals surface area contributed by atoms with Crippen LogP contribution < -0.4 is 11.5 Å². The molecule has 1 aliphatic rings. The number of aromatic hydroxyl groups is 2. The first-order valence-electron chi connectivity index (χ1n) is 4.98. The third-order valence-electron chi connectivity index (χ3n) is 2.57. The van der Waals surface area contributed by atoms with Crippen molar-refractivity contribution in [2.75, 3.05) is 0 Å². The van der Waals surface area contributed by atoms with Gasteiger partial charge in [0.15, 0.2) is 11.5 Å². The number of phenolic OH excluding ortho intramolecular Hbond substituents is 2. The summed E-state index contributed by atoms with van der Waals surface area (Å²) in [5.74, 6) is -0.260. The Morgan fingerprint density at radius 1 is 1.19 bits per heavy atom. The Hall–Kier alpha value is -1.78. The van der Waals surface area contributed by atoms with E-state index in [1.807, 2.05) is 6.08 Å². The molecule has 0 fully saturated rings. The topological polar surface area (TPSA) is 92.5 Å². The van der Waals surface area contributed by atoms with Crippen molar-refractivity contribution in [3.05, 3.63) is 42.0 Å². The van der Waals surface area contributed by atoms with Gasteiger partial charge >= 0.3 is 0 Å². The molecule has 6 N–H and O–H groups in total. The Balaban J connectivity index is 2.38. The average Bonchev–Trinajstić information content (AvgIpc) is 2.23. The lowest BCUT2D eigenvalue weighted by Gasteiger charge is -2.23. The summed E-state index contributed by atoms with van der Waals surface area (Å²) >= 11 is 0. The van der Waals surface area contributed by atoms with Crippen LogP contribution in [0.15, 0.2) is 36.4 Å². The van der Waals surface area contributed by atoms with E-state index in [0.29, 0.717) is 12.0 Å². The fourth-order valence-corrected chi connectivity index (χ4v) is 1.63. The van der Waals surface area contributed by atoms with Gasteiger partial charge in [0.25, 0.3) is 0 Å². The lowest BCUT2D eigenvalue weighted by Crippen LogP contribution is -2.47. The number of hydrogen-bond acceptors (Lipinski definition) is 4. The number of allylic oxidation sites excluding steroid dienone is 2. The van der Waals surface area contributed by atoms with E-state index < -0.39 is 5.66 Å². The number of benzene rings is 1. The van der Waals surface area contributed by atoms with Gasteiger partial charge in [0.2, 0.25) is 0 Å². The highest BCUT2D eigenvalue weighted by atomic mass is 16.3. The van der Waals surface area contributed by atoms with Gasteiger partial charge in [-0.1, -0.05) is 24.3 Å². The molecule has 0 aromatic heterocycles. The van der Waals surface area contributed by atoms with Crippen LogP contribution in [0.4, 0.5) is 0 Å². The van der Waals surface area contributed by atoms with Crippen LogP contribution >= 0.6 is 0 Å². The highest BCUT2D eigenvalue weighted by Crippen LogP contribution is 2.35. The number of nitrogens with two attached hydrogens (primary N) is 2. The molecule has 1 aliphatic carbocycles. The average molecular weight is 218 g/mol. The molecular formula is C12H14N2O2. The molecule has 0 radical (unpaired) electrons. The molecule has 1 aromatic carbocycles. The zero-order valence-corrected chi connectivity index (χ0v) is 8.72. The quantitative estimate of drug-likeness (QED) is 0.419. The van der Waals surface area contributed by atoms with Crippen molar-refractivity contribution < 1.29 is 10.2 Å². The molecule has 2 rings (SSSR count). The summed E-state index contributed by atoms with van der Waals surface area (Å²) in [5.41, 5.74) is 12.0. The van der Waals surface area contributed by atoms with Gasteiger partial charge in [0.05, 0.1) is 5.66 Å². The molecule has 0 aliphatic heterocycles. The van der Waals surface area contributed by atoms with Crippen molar-refractivity contribution in [1.29, 1.82) is 0 Å². The number of phenols is 2. The zero-order valence-electron chi connectivity index (χ0n) is 8.72. The maximum atomic E-state index is 9.69. The van der Waals surface area contributed by atoms with Gasteiger partial charge in [0, 0.05) is 12.0 Å². The van der Waals surface area contributed by atoms with Gasteiger partial charge in [-0.05, 0) is 17.7 Å². The Bertz CT molecular complexity index is 476. The fraction of sp³-hybridized carbons (Fsp3) is 0.167. The summed E-state index contributed by atoms with van der Waals surface area (Å²) in [7, 11) is 0. The van der Waals surface area contributed by atoms with E-state index in [4.69, 9.17) is 11.5 Å². The van der Waals surface area contributed by atoms with Crippen LogP contribution in [0.3, 0.4) is 0 Å². The van der Waals surface area contributed by atoms with Crippen LogP contribution in [0.25, 0.3) is 5.57 Å². The standard InChI is InChI=1S/C12H14N2O2/c13-12(14)6-4-8(5-7-12)9-2-1-3-10(15)11(9)16/h1-6,15-16H,7,13-14H2. The number of hydrogen-bond donors (Lipinski definition) is 4. The van der Waals surface area contributed by atoms with E-state index in [-0.39, 0.29) is 11.5 Å². The van der Waals surface area contributed by atoms with Crippen LogP contribution in [0, 0.1) is 0 Å². The van der Waals surface area contributed by atoms with E-state index >= 15 is 0 Å². The summed E-state index contributed by atoms with van der Waals surface area (Å²) in [6, 6.07) is 4.83. The number of para-hydroxylation sites is 1. The molecule has 0 spiro atoms. The molecule has 0 amide bonds. The van der Waals surface area contributed by atoms with Gasteiger partial charge in [0.1, 0.15) is 0 Å². The predicted molar refractivity (Wildman–Crippen MR) is 62.6 cm³/mol. The Labute approximate surface area is 93.5 Å². The molecule has 0 heterocycles. The molecule has 0 atom stereocenters. The van der Waals surface area contributed by atoms with Crippen LogP contribution in [0.1, 0.15) is 12.0 Å². The Kier molecular flexibility index (Phi) is 2.46. The van der Waals surface area contributed by atoms with Crippen LogP contribution in [-0.4, -0.2) is 15.9 Å². The smallest absolute Gasteiger partial charge is 0.165 e. The minimum absolute atomic E-state index is 0.125. The second-order valence-corrected chi connectivity index (χ2v) is 3.98. The second kappa shape index (κ2) is 3.66. The fourth-order valence-electron chi connectivity index (χ4n) is 1.63. The highest BCUT2D eigenvalue weighted by molar-refractivity contribution is 5.80. The highest BCUT2D eigenvalue weighted by Gasteiger charge is 2.19. The minimum atomic E-state index is -0.823. The Morgan fingerprint density at radius 3 is 2.56 bits per heavy atom. The summed E-state index contributed by atoms with van der Waals surface area (Å²) < 4.78 is 0. The normalized spacial score (nSPS) is 18.2. The molecule has 4 heteroatoms. The Morgan fingerprint density at radius 2 is 1.94 bits per heavy atom. The van der Waals surface area contributed by atoms with Gasteiger partial charge in [-0.25, -0.2) is 0 Å². The molecule has 0 unspecified atom stereocenters. The van der Waals surface area contributed by atoms with Crippen molar-refractivity contribution in [3.63, 3.8) is 0 Å². The van der Waals surface area contributed by atoms with Gasteiger partial charge in [-0.3, -0.25) is 0 Å². The van der Waals surface area contributed by atoms with Gasteiger partial charge < -0.3 is 21.7 Å². The van der Waals surface area contributed by atoms with Crippen molar-refractivity contribution in [2.24, 2.45) is 11.5 Å². The monoisotopic (exact) mass is 218 g/mol. The largest absolute Gasteiger partial charge is 0.504 e. The van der Waals surface area contributed by atoms with E-state index in [2.05, 4.69) is 0 Å². The third kappa shape index (κ3) is 1.93. The van der Waals surface area contributed by atoms with Crippen LogP contribution in [0.5, 0.6) is 11.5 Å². The molecule has 16 heavy (non-hydrogen) atoms. The molecular weight excluding hydrogens is 204 g/mol. The minimum Gasteiger partial charge on any atom is -0.504 e. The lowest BCUT2D eigenvalue weighted by molar-refractivity contribution is 0.402. The van der Waals surface area contributed by atoms with Gasteiger partial charge in [-0.15, -0.1) is 0 Å². The maximum absolute atomic E-state index is 9.69. The molecule has 0 saturated carbocycles. The second-order valence-electron chi connectivity index (χ2n) is 3.98. The summed E-state index contributed by atoms with van der Waals surface area (Å²) in [6.45, 7) is 0. The van der Waals surface area contributed by atoms with Crippen molar-refractivity contribution in [2.45, 2.75) is 12.1 Å². The molecule has 84 valence electrons. The van der Waals surface area contributed by atoms with Crippen molar-refractivity contribution in [3.8, 4) is 11.5 Å². The maximum Gasteiger partial charge on any atom is 0.165 e. The van der Waals surface area contributed by atoms with Crippen molar-refractivity contribution >= 4 is 5.57 Å². The molecule has 0 bridgehead atoms. The zero-order chi connectivity index (χ0) is 11.8. The SMILES string of the molecule is NC1(N)C=CC(c2cccc(O)c2O)=CC1. The molecule has 4 nitrogen and oxygen atoms in total. The lowest BCUT2D eigenvalue weighted by atomic mass is 9.93. The first-order valence-corrected chi connectivity index (χ1v) is 4.98. The molecule has 0 saturated heterocycles. The summed E-state index contributed by atoms with van der Waals surface area (Å²) in [4.78, 5) is 0. The van der Waals surface area contributed by atoms with E-state index in [0.717, 1.165) is 5.57 Å². The summed E-state index contributed by atoms with van der Waals surface area (Å²) in [6.07, 6.45) is 5.77. The van der Waals surface area contributed by atoms with Crippen molar-refractivity contribution in [1.82, 2.24) is 0 Å². The number of rotatable bonds is 1. The third-order valence-corrected chi connectivity index (χ3v) is 2.57. The first-order chi connectivity index (χ1) is 7.49.